The standard InChI is InChI=1S/C20H22F3N3OS/c1-27-18-4-2-3-17(13-18)24-19(28)26-11-9-25(10-12-26)14-15-5-7-16(8-6-15)20(21,22)23/h2-8,13H,9-12,14H2,1H3,(H,24,28)/p+1. The number of hydrogen-bond donors (Lipinski definition) is 2. The minimum absolute atomic E-state index is 0.606. The first-order valence-corrected chi connectivity index (χ1v) is 9.45. The zero-order chi connectivity index (χ0) is 20.1. The van der Waals surface area contributed by atoms with E-state index in [1.807, 2.05) is 24.3 Å². The van der Waals surface area contributed by atoms with Crippen LogP contribution >= 0.6 is 12.2 Å². The van der Waals surface area contributed by atoms with E-state index >= 15 is 0 Å². The van der Waals surface area contributed by atoms with Crippen molar-refractivity contribution >= 4 is 23.0 Å². The molecular weight excluding hydrogens is 387 g/mol. The molecule has 0 unspecified atom stereocenters. The van der Waals surface area contributed by atoms with E-state index in [-0.39, 0.29) is 0 Å². The smallest absolute Gasteiger partial charge is 0.416 e. The van der Waals surface area contributed by atoms with Crippen LogP contribution in [0.3, 0.4) is 0 Å². The van der Waals surface area contributed by atoms with E-state index in [0.29, 0.717) is 11.7 Å². The predicted octanol–water partition coefficient (Wildman–Crippen LogP) is 2.81. The normalized spacial score (nSPS) is 15.4. The molecule has 0 saturated carbocycles. The number of piperazine rings is 1. The van der Waals surface area contributed by atoms with Gasteiger partial charge in [-0.2, -0.15) is 13.2 Å². The molecule has 28 heavy (non-hydrogen) atoms. The highest BCUT2D eigenvalue weighted by atomic mass is 32.1. The fourth-order valence-electron chi connectivity index (χ4n) is 3.21. The maximum absolute atomic E-state index is 12.7. The predicted molar refractivity (Wildman–Crippen MR) is 107 cm³/mol. The molecule has 1 aliphatic heterocycles. The van der Waals surface area contributed by atoms with Crippen LogP contribution in [0.2, 0.25) is 0 Å². The molecule has 8 heteroatoms. The number of alkyl halides is 3. The molecule has 0 aromatic heterocycles. The van der Waals surface area contributed by atoms with Gasteiger partial charge in [-0.15, -0.1) is 0 Å². The Labute approximate surface area is 167 Å². The van der Waals surface area contributed by atoms with Crippen LogP contribution in [-0.2, 0) is 12.7 Å². The molecule has 0 atom stereocenters. The van der Waals surface area contributed by atoms with Gasteiger partial charge in [0.2, 0.25) is 0 Å². The summed E-state index contributed by atoms with van der Waals surface area (Å²) < 4.78 is 43.2. The first-order chi connectivity index (χ1) is 13.3. The minimum atomic E-state index is -4.29. The molecule has 0 amide bonds. The molecule has 0 radical (unpaired) electrons. The van der Waals surface area contributed by atoms with E-state index in [9.17, 15) is 13.2 Å². The van der Waals surface area contributed by atoms with Crippen molar-refractivity contribution in [3.05, 3.63) is 59.7 Å². The Morgan fingerprint density at radius 3 is 2.43 bits per heavy atom. The Balaban J connectivity index is 1.49. The van der Waals surface area contributed by atoms with Crippen LogP contribution in [0.5, 0.6) is 5.75 Å². The molecule has 2 aromatic carbocycles. The van der Waals surface area contributed by atoms with Crippen molar-refractivity contribution in [3.63, 3.8) is 0 Å². The lowest BCUT2D eigenvalue weighted by Gasteiger charge is -2.34. The van der Waals surface area contributed by atoms with Gasteiger partial charge in [0.15, 0.2) is 5.11 Å². The second-order valence-corrected chi connectivity index (χ2v) is 7.16. The summed E-state index contributed by atoms with van der Waals surface area (Å²) in [4.78, 5) is 3.45. The van der Waals surface area contributed by atoms with Crippen molar-refractivity contribution in [3.8, 4) is 5.75 Å². The van der Waals surface area contributed by atoms with Gasteiger partial charge in [-0.05, 0) is 36.5 Å². The summed E-state index contributed by atoms with van der Waals surface area (Å²) in [5.74, 6) is 0.763. The van der Waals surface area contributed by atoms with E-state index in [0.717, 1.165) is 55.3 Å². The van der Waals surface area contributed by atoms with Gasteiger partial charge in [0.25, 0.3) is 0 Å². The van der Waals surface area contributed by atoms with Crippen LogP contribution < -0.4 is 15.0 Å². The molecule has 150 valence electrons. The molecule has 0 spiro atoms. The van der Waals surface area contributed by atoms with Crippen LogP contribution in [0.4, 0.5) is 18.9 Å². The van der Waals surface area contributed by atoms with Crippen molar-refractivity contribution in [2.24, 2.45) is 0 Å². The van der Waals surface area contributed by atoms with Crippen LogP contribution in [0.25, 0.3) is 0 Å². The Bertz CT molecular complexity index is 803. The largest absolute Gasteiger partial charge is 0.497 e. The van der Waals surface area contributed by atoms with Gasteiger partial charge < -0.3 is 19.9 Å². The van der Waals surface area contributed by atoms with Gasteiger partial charge in [-0.1, -0.05) is 18.2 Å². The highest BCUT2D eigenvalue weighted by molar-refractivity contribution is 7.80. The van der Waals surface area contributed by atoms with Gasteiger partial charge in [-0.3, -0.25) is 0 Å². The molecule has 4 nitrogen and oxygen atoms in total. The van der Waals surface area contributed by atoms with Crippen LogP contribution in [-0.4, -0.2) is 43.3 Å². The molecule has 0 aliphatic carbocycles. The number of quaternary nitrogens is 1. The molecule has 1 saturated heterocycles. The van der Waals surface area contributed by atoms with Crippen molar-refractivity contribution in [1.29, 1.82) is 0 Å². The first kappa shape index (κ1) is 20.4. The number of methoxy groups -OCH3 is 1. The zero-order valence-corrected chi connectivity index (χ0v) is 16.4. The van der Waals surface area contributed by atoms with E-state index in [4.69, 9.17) is 17.0 Å². The molecule has 1 fully saturated rings. The van der Waals surface area contributed by atoms with Crippen LogP contribution in [0, 0.1) is 0 Å². The summed E-state index contributed by atoms with van der Waals surface area (Å²) in [7, 11) is 1.62. The summed E-state index contributed by atoms with van der Waals surface area (Å²) in [5, 5.41) is 3.90. The topological polar surface area (TPSA) is 28.9 Å². The van der Waals surface area contributed by atoms with Crippen molar-refractivity contribution in [2.75, 3.05) is 38.6 Å². The second kappa shape index (κ2) is 8.79. The Kier molecular flexibility index (Phi) is 6.41. The molecule has 1 aliphatic rings. The van der Waals surface area contributed by atoms with Gasteiger partial charge in [0.05, 0.1) is 38.9 Å². The molecule has 2 aromatic rings. The van der Waals surface area contributed by atoms with Gasteiger partial charge in [0.1, 0.15) is 12.3 Å². The number of hydrogen-bond acceptors (Lipinski definition) is 2. The maximum atomic E-state index is 12.7. The van der Waals surface area contributed by atoms with E-state index in [1.54, 1.807) is 19.2 Å². The Morgan fingerprint density at radius 2 is 1.82 bits per heavy atom. The summed E-state index contributed by atoms with van der Waals surface area (Å²) >= 11 is 5.51. The number of rotatable bonds is 4. The maximum Gasteiger partial charge on any atom is 0.416 e. The van der Waals surface area contributed by atoms with E-state index < -0.39 is 11.7 Å². The third-order valence-corrected chi connectivity index (χ3v) is 5.17. The number of nitrogens with zero attached hydrogens (tertiary/aromatic N) is 1. The fraction of sp³-hybridized carbons (Fsp3) is 0.350. The monoisotopic (exact) mass is 410 g/mol. The lowest BCUT2D eigenvalue weighted by molar-refractivity contribution is -0.917. The summed E-state index contributed by atoms with van der Waals surface area (Å²) in [6, 6.07) is 13.0. The number of ether oxygens (including phenoxy) is 1. The Hall–Kier alpha value is -2.32. The lowest BCUT2D eigenvalue weighted by Crippen LogP contribution is -3.13. The van der Waals surface area contributed by atoms with Crippen LogP contribution in [0.1, 0.15) is 11.1 Å². The first-order valence-electron chi connectivity index (χ1n) is 9.05. The molecule has 2 N–H and O–H groups in total. The number of thiocarbonyl (C=S) groups is 1. The highest BCUT2D eigenvalue weighted by Gasteiger charge is 2.30. The fourth-order valence-corrected chi connectivity index (χ4v) is 3.51. The summed E-state index contributed by atoms with van der Waals surface area (Å²) in [5.41, 5.74) is 1.18. The number of halogens is 3. The minimum Gasteiger partial charge on any atom is -0.497 e. The van der Waals surface area contributed by atoms with E-state index in [1.165, 1.54) is 4.90 Å². The van der Waals surface area contributed by atoms with E-state index in [2.05, 4.69) is 10.2 Å². The zero-order valence-electron chi connectivity index (χ0n) is 15.6. The SMILES string of the molecule is COc1cccc(NC(=S)N2CC[NH+](Cc3ccc(C(F)(F)F)cc3)CC2)c1. The average Bonchev–Trinajstić information content (AvgIpc) is 2.68. The van der Waals surface area contributed by atoms with Crippen molar-refractivity contribution in [1.82, 2.24) is 4.90 Å². The molecule has 0 bridgehead atoms. The number of nitrogens with one attached hydrogen (secondary N) is 2. The van der Waals surface area contributed by atoms with Crippen molar-refractivity contribution < 1.29 is 22.8 Å². The third-order valence-electron chi connectivity index (χ3n) is 4.81. The van der Waals surface area contributed by atoms with Gasteiger partial charge in [0, 0.05) is 17.3 Å². The second-order valence-electron chi connectivity index (χ2n) is 6.77. The quantitative estimate of drug-likeness (QED) is 0.759. The van der Waals surface area contributed by atoms with Gasteiger partial charge in [-0.25, -0.2) is 0 Å². The lowest BCUT2D eigenvalue weighted by atomic mass is 10.1. The number of benzene rings is 2. The third kappa shape index (κ3) is 5.36. The summed E-state index contributed by atoms with van der Waals surface area (Å²) in [6.45, 7) is 4.06. The van der Waals surface area contributed by atoms with Crippen molar-refractivity contribution in [2.45, 2.75) is 12.7 Å². The average molecular weight is 410 g/mol. The highest BCUT2D eigenvalue weighted by Crippen LogP contribution is 2.29. The molecular formula is C20H23F3N3OS+. The molecule has 1 heterocycles. The number of anilines is 1. The molecule has 3 rings (SSSR count). The van der Waals surface area contributed by atoms with Crippen LogP contribution in [0.15, 0.2) is 48.5 Å². The summed E-state index contributed by atoms with van der Waals surface area (Å²) in [6.07, 6.45) is -4.29. The van der Waals surface area contributed by atoms with Gasteiger partial charge >= 0.3 is 6.18 Å². The Morgan fingerprint density at radius 1 is 1.14 bits per heavy atom.